The standard InChI is InChI=1S/C16H20FNO2/c1-10(2)15(19)12-5-4-8-18(16(12)20)14-9-11(3)6-7-13(14)17/h6-7,9-10,12H,4-5,8H2,1-3H3/t12-/m0/s1. The first-order chi connectivity index (χ1) is 9.41. The fourth-order valence-corrected chi connectivity index (χ4v) is 2.61. The number of benzene rings is 1. The van der Waals surface area contributed by atoms with Crippen LogP contribution in [0.4, 0.5) is 10.1 Å². The van der Waals surface area contributed by atoms with E-state index in [2.05, 4.69) is 0 Å². The Morgan fingerprint density at radius 3 is 2.75 bits per heavy atom. The molecule has 20 heavy (non-hydrogen) atoms. The molecule has 0 spiro atoms. The van der Waals surface area contributed by atoms with Crippen LogP contribution in [0.25, 0.3) is 0 Å². The van der Waals surface area contributed by atoms with Gasteiger partial charge in [-0.2, -0.15) is 0 Å². The second kappa shape index (κ2) is 5.73. The number of nitrogens with zero attached hydrogens (tertiary/aromatic N) is 1. The van der Waals surface area contributed by atoms with Crippen LogP contribution in [0.2, 0.25) is 0 Å². The third-order valence-electron chi connectivity index (χ3n) is 3.74. The molecule has 0 N–H and O–H groups in total. The zero-order valence-corrected chi connectivity index (χ0v) is 12.1. The van der Waals surface area contributed by atoms with E-state index < -0.39 is 11.7 Å². The number of halogens is 1. The van der Waals surface area contributed by atoms with Gasteiger partial charge < -0.3 is 4.90 Å². The quantitative estimate of drug-likeness (QED) is 0.796. The van der Waals surface area contributed by atoms with Gasteiger partial charge in [-0.15, -0.1) is 0 Å². The maximum Gasteiger partial charge on any atom is 0.237 e. The van der Waals surface area contributed by atoms with Crippen LogP contribution in [0.1, 0.15) is 32.3 Å². The summed E-state index contributed by atoms with van der Waals surface area (Å²) in [5.74, 6) is -1.52. The van der Waals surface area contributed by atoms with E-state index in [4.69, 9.17) is 0 Å². The lowest BCUT2D eigenvalue weighted by molar-refractivity contribution is -0.135. The Kier molecular flexibility index (Phi) is 4.21. The molecule has 0 aromatic heterocycles. The van der Waals surface area contributed by atoms with E-state index in [0.29, 0.717) is 13.0 Å². The molecule has 4 heteroatoms. The molecule has 1 saturated heterocycles. The van der Waals surface area contributed by atoms with E-state index in [1.54, 1.807) is 26.0 Å². The monoisotopic (exact) mass is 277 g/mol. The average Bonchev–Trinajstić information content (AvgIpc) is 2.41. The topological polar surface area (TPSA) is 37.4 Å². The molecule has 3 nitrogen and oxygen atoms in total. The molecule has 1 heterocycles. The SMILES string of the molecule is Cc1ccc(F)c(N2CCC[C@@H](C(=O)C(C)C)C2=O)c1. The first kappa shape index (κ1) is 14.7. The number of Topliss-reactive ketones (excluding diaryl/α,β-unsaturated/α-hetero) is 1. The molecule has 0 saturated carbocycles. The fraction of sp³-hybridized carbons (Fsp3) is 0.500. The van der Waals surface area contributed by atoms with Crippen LogP contribution in [0.5, 0.6) is 0 Å². The number of ketones is 1. The number of rotatable bonds is 3. The van der Waals surface area contributed by atoms with Gasteiger partial charge in [0.2, 0.25) is 5.91 Å². The molecule has 0 bridgehead atoms. The van der Waals surface area contributed by atoms with E-state index >= 15 is 0 Å². The maximum absolute atomic E-state index is 13.9. The summed E-state index contributed by atoms with van der Waals surface area (Å²) < 4.78 is 13.9. The smallest absolute Gasteiger partial charge is 0.237 e. The Balaban J connectivity index is 2.31. The van der Waals surface area contributed by atoms with Crippen molar-refractivity contribution in [1.29, 1.82) is 0 Å². The Labute approximate surface area is 118 Å². The van der Waals surface area contributed by atoms with Crippen LogP contribution < -0.4 is 4.90 Å². The molecule has 1 fully saturated rings. The van der Waals surface area contributed by atoms with Crippen molar-refractivity contribution in [3.63, 3.8) is 0 Å². The van der Waals surface area contributed by atoms with Crippen molar-refractivity contribution in [2.75, 3.05) is 11.4 Å². The van der Waals surface area contributed by atoms with Crippen molar-refractivity contribution in [3.05, 3.63) is 29.6 Å². The van der Waals surface area contributed by atoms with Gasteiger partial charge in [0.1, 0.15) is 11.6 Å². The molecular formula is C16H20FNO2. The Bertz CT molecular complexity index is 539. The molecule has 2 rings (SSSR count). The van der Waals surface area contributed by atoms with Gasteiger partial charge in [-0.05, 0) is 37.5 Å². The first-order valence-electron chi connectivity index (χ1n) is 7.03. The van der Waals surface area contributed by atoms with Crippen molar-refractivity contribution in [2.45, 2.75) is 33.6 Å². The number of hydrogen-bond donors (Lipinski definition) is 0. The maximum atomic E-state index is 13.9. The van der Waals surface area contributed by atoms with Gasteiger partial charge in [-0.1, -0.05) is 19.9 Å². The number of carbonyl (C=O) groups excluding carboxylic acids is 2. The third-order valence-corrected chi connectivity index (χ3v) is 3.74. The molecule has 0 aliphatic carbocycles. The Morgan fingerprint density at radius 2 is 2.10 bits per heavy atom. The lowest BCUT2D eigenvalue weighted by atomic mass is 9.87. The molecule has 108 valence electrons. The number of hydrogen-bond acceptors (Lipinski definition) is 2. The molecule has 1 aromatic rings. The van der Waals surface area contributed by atoms with Crippen LogP contribution in [0, 0.1) is 24.6 Å². The summed E-state index contributed by atoms with van der Waals surface area (Å²) >= 11 is 0. The highest BCUT2D eigenvalue weighted by molar-refractivity contribution is 6.09. The van der Waals surface area contributed by atoms with Crippen LogP contribution >= 0.6 is 0 Å². The minimum atomic E-state index is -0.622. The predicted octanol–water partition coefficient (Wildman–Crippen LogP) is 3.10. The van der Waals surface area contributed by atoms with Crippen molar-refractivity contribution < 1.29 is 14.0 Å². The number of piperidine rings is 1. The largest absolute Gasteiger partial charge is 0.309 e. The summed E-state index contributed by atoms with van der Waals surface area (Å²) in [6.07, 6.45) is 1.29. The average molecular weight is 277 g/mol. The normalized spacial score (nSPS) is 19.6. The summed E-state index contributed by atoms with van der Waals surface area (Å²) in [6.45, 7) is 5.92. The fourth-order valence-electron chi connectivity index (χ4n) is 2.61. The van der Waals surface area contributed by atoms with Gasteiger partial charge in [-0.25, -0.2) is 4.39 Å². The van der Waals surface area contributed by atoms with E-state index in [0.717, 1.165) is 12.0 Å². The van der Waals surface area contributed by atoms with Crippen molar-refractivity contribution >= 4 is 17.4 Å². The predicted molar refractivity (Wildman–Crippen MR) is 76.1 cm³/mol. The molecule has 1 aliphatic heterocycles. The summed E-state index contributed by atoms with van der Waals surface area (Å²) in [7, 11) is 0. The number of carbonyl (C=O) groups is 2. The molecule has 1 atom stereocenters. The first-order valence-corrected chi connectivity index (χ1v) is 7.03. The third kappa shape index (κ3) is 2.74. The van der Waals surface area contributed by atoms with Crippen molar-refractivity contribution in [3.8, 4) is 0 Å². The number of anilines is 1. The zero-order valence-electron chi connectivity index (χ0n) is 12.1. The van der Waals surface area contributed by atoms with E-state index in [-0.39, 0.29) is 23.3 Å². The zero-order chi connectivity index (χ0) is 14.9. The Morgan fingerprint density at radius 1 is 1.40 bits per heavy atom. The summed E-state index contributed by atoms with van der Waals surface area (Å²) in [5.41, 5.74) is 1.18. The van der Waals surface area contributed by atoms with Crippen LogP contribution in [-0.2, 0) is 9.59 Å². The summed E-state index contributed by atoms with van der Waals surface area (Å²) in [4.78, 5) is 26.0. The van der Waals surface area contributed by atoms with Crippen LogP contribution in [0.3, 0.4) is 0 Å². The molecule has 1 amide bonds. The van der Waals surface area contributed by atoms with Crippen LogP contribution in [-0.4, -0.2) is 18.2 Å². The summed E-state index contributed by atoms with van der Waals surface area (Å²) in [5, 5.41) is 0. The number of amides is 1. The molecule has 1 aliphatic rings. The van der Waals surface area contributed by atoms with E-state index in [1.165, 1.54) is 11.0 Å². The van der Waals surface area contributed by atoms with E-state index in [9.17, 15) is 14.0 Å². The minimum absolute atomic E-state index is 0.0484. The molecule has 1 aromatic carbocycles. The molecule has 0 unspecified atom stereocenters. The highest BCUT2D eigenvalue weighted by atomic mass is 19.1. The lowest BCUT2D eigenvalue weighted by Crippen LogP contribution is -2.45. The van der Waals surface area contributed by atoms with Gasteiger partial charge in [0, 0.05) is 12.5 Å². The van der Waals surface area contributed by atoms with Crippen molar-refractivity contribution in [2.24, 2.45) is 11.8 Å². The second-order valence-corrected chi connectivity index (χ2v) is 5.70. The van der Waals surface area contributed by atoms with Gasteiger partial charge in [0.05, 0.1) is 11.6 Å². The van der Waals surface area contributed by atoms with Gasteiger partial charge >= 0.3 is 0 Å². The second-order valence-electron chi connectivity index (χ2n) is 5.70. The number of aryl methyl sites for hydroxylation is 1. The lowest BCUT2D eigenvalue weighted by Gasteiger charge is -2.32. The van der Waals surface area contributed by atoms with Crippen molar-refractivity contribution in [1.82, 2.24) is 0 Å². The highest BCUT2D eigenvalue weighted by Gasteiger charge is 2.36. The highest BCUT2D eigenvalue weighted by Crippen LogP contribution is 2.29. The van der Waals surface area contributed by atoms with Crippen LogP contribution in [0.15, 0.2) is 18.2 Å². The van der Waals surface area contributed by atoms with Gasteiger partial charge in [0.25, 0.3) is 0 Å². The minimum Gasteiger partial charge on any atom is -0.309 e. The van der Waals surface area contributed by atoms with Gasteiger partial charge in [-0.3, -0.25) is 9.59 Å². The Hall–Kier alpha value is -1.71. The summed E-state index contributed by atoms with van der Waals surface area (Å²) in [6, 6.07) is 4.70. The molecular weight excluding hydrogens is 257 g/mol. The molecule has 0 radical (unpaired) electrons. The van der Waals surface area contributed by atoms with E-state index in [1.807, 2.05) is 6.92 Å². The van der Waals surface area contributed by atoms with Gasteiger partial charge in [0.15, 0.2) is 0 Å².